The maximum atomic E-state index is 12.7. The molecule has 0 aliphatic carbocycles. The molecular formula is C21H25N3O5S. The molecule has 0 bridgehead atoms. The Kier molecular flexibility index (Phi) is 8.70. The molecule has 0 saturated carbocycles. The number of thiol groups is 1. The Balaban J connectivity index is 2.10. The van der Waals surface area contributed by atoms with E-state index >= 15 is 0 Å². The normalized spacial score (nSPS) is 13.7. The molecule has 30 heavy (non-hydrogen) atoms. The number of amides is 2. The van der Waals surface area contributed by atoms with Crippen molar-refractivity contribution in [1.29, 1.82) is 0 Å². The minimum atomic E-state index is -1.22. The van der Waals surface area contributed by atoms with E-state index in [0.29, 0.717) is 0 Å². The quantitative estimate of drug-likeness (QED) is 0.302. The molecule has 2 rings (SSSR count). The number of phenolic OH excluding ortho intramolecular Hbond substituents is 1. The van der Waals surface area contributed by atoms with E-state index in [1.165, 1.54) is 12.1 Å². The van der Waals surface area contributed by atoms with Crippen LogP contribution in [0.3, 0.4) is 0 Å². The first-order valence-corrected chi connectivity index (χ1v) is 9.95. The molecule has 2 aromatic rings. The van der Waals surface area contributed by atoms with Crippen molar-refractivity contribution in [3.8, 4) is 5.75 Å². The number of nitrogens with two attached hydrogens (primary N) is 1. The summed E-state index contributed by atoms with van der Waals surface area (Å²) in [5.41, 5.74) is 7.54. The van der Waals surface area contributed by atoms with Crippen LogP contribution in [-0.2, 0) is 27.2 Å². The zero-order valence-corrected chi connectivity index (χ0v) is 17.1. The highest BCUT2D eigenvalue weighted by Crippen LogP contribution is 2.11. The van der Waals surface area contributed by atoms with E-state index in [4.69, 9.17) is 10.8 Å². The highest BCUT2D eigenvalue weighted by molar-refractivity contribution is 7.80. The summed E-state index contributed by atoms with van der Waals surface area (Å²) in [5.74, 6) is -2.38. The smallest absolute Gasteiger partial charge is 0.327 e. The molecule has 2 aromatic carbocycles. The van der Waals surface area contributed by atoms with Crippen LogP contribution in [0.5, 0.6) is 5.75 Å². The van der Waals surface area contributed by atoms with Gasteiger partial charge in [0.2, 0.25) is 11.8 Å². The molecule has 160 valence electrons. The predicted octanol–water partition coefficient (Wildman–Crippen LogP) is 0.489. The van der Waals surface area contributed by atoms with Crippen molar-refractivity contribution in [3.63, 3.8) is 0 Å². The van der Waals surface area contributed by atoms with Crippen LogP contribution in [0.2, 0.25) is 0 Å². The minimum Gasteiger partial charge on any atom is -0.508 e. The molecule has 3 unspecified atom stereocenters. The standard InChI is InChI=1S/C21H25N3O5S/c22-16(10-14-6-8-15(25)9-7-14)19(26)23-17(11-13-4-2-1-3-5-13)20(27)24-18(12-30)21(28)29/h1-9,16-18,25,30H,10-12,22H2,(H,23,26)(H,24,27)(H,28,29). The molecule has 0 heterocycles. The minimum absolute atomic E-state index is 0.0898. The second-order valence-corrected chi connectivity index (χ2v) is 7.18. The average molecular weight is 432 g/mol. The van der Waals surface area contributed by atoms with Crippen molar-refractivity contribution in [2.24, 2.45) is 5.73 Å². The molecule has 0 fully saturated rings. The number of aliphatic carboxylic acids is 1. The number of benzene rings is 2. The molecule has 2 amide bonds. The molecule has 9 heteroatoms. The van der Waals surface area contributed by atoms with Crippen LogP contribution in [0.4, 0.5) is 0 Å². The zero-order chi connectivity index (χ0) is 22.1. The number of hydrogen-bond acceptors (Lipinski definition) is 6. The third-order valence-electron chi connectivity index (χ3n) is 4.44. The van der Waals surface area contributed by atoms with E-state index in [2.05, 4.69) is 23.3 Å². The van der Waals surface area contributed by atoms with E-state index in [9.17, 15) is 19.5 Å². The number of aromatic hydroxyl groups is 1. The summed E-state index contributed by atoms with van der Waals surface area (Å²) in [6.45, 7) is 0. The molecule has 8 nitrogen and oxygen atoms in total. The molecule has 0 aliphatic heterocycles. The van der Waals surface area contributed by atoms with Gasteiger partial charge < -0.3 is 26.6 Å². The Morgan fingerprint density at radius 1 is 0.867 bits per heavy atom. The van der Waals surface area contributed by atoms with Gasteiger partial charge in [-0.2, -0.15) is 12.6 Å². The molecular weight excluding hydrogens is 406 g/mol. The monoisotopic (exact) mass is 431 g/mol. The Bertz CT molecular complexity index is 861. The molecule has 0 radical (unpaired) electrons. The fourth-order valence-electron chi connectivity index (χ4n) is 2.77. The van der Waals surface area contributed by atoms with Crippen LogP contribution in [-0.4, -0.2) is 51.9 Å². The Hall–Kier alpha value is -3.04. The number of hydrogen-bond donors (Lipinski definition) is 6. The van der Waals surface area contributed by atoms with Gasteiger partial charge in [-0.25, -0.2) is 4.79 Å². The van der Waals surface area contributed by atoms with Crippen molar-refractivity contribution in [3.05, 3.63) is 65.7 Å². The molecule has 3 atom stereocenters. The van der Waals surface area contributed by atoms with Crippen molar-refractivity contribution in [1.82, 2.24) is 10.6 Å². The fraction of sp³-hybridized carbons (Fsp3) is 0.286. The van der Waals surface area contributed by atoms with Gasteiger partial charge in [0.15, 0.2) is 0 Å². The van der Waals surface area contributed by atoms with Crippen LogP contribution in [0.1, 0.15) is 11.1 Å². The summed E-state index contributed by atoms with van der Waals surface area (Å²) in [5, 5.41) is 23.5. The summed E-state index contributed by atoms with van der Waals surface area (Å²) >= 11 is 3.94. The molecule has 0 aliphatic rings. The lowest BCUT2D eigenvalue weighted by atomic mass is 10.0. The Morgan fingerprint density at radius 2 is 1.43 bits per heavy atom. The second kappa shape index (κ2) is 11.2. The average Bonchev–Trinajstić information content (AvgIpc) is 2.73. The lowest BCUT2D eigenvalue weighted by Gasteiger charge is -2.22. The topological polar surface area (TPSA) is 142 Å². The van der Waals surface area contributed by atoms with Crippen molar-refractivity contribution in [2.75, 3.05) is 5.75 Å². The third kappa shape index (κ3) is 7.09. The van der Waals surface area contributed by atoms with E-state index in [1.54, 1.807) is 36.4 Å². The van der Waals surface area contributed by atoms with E-state index in [1.807, 2.05) is 6.07 Å². The van der Waals surface area contributed by atoms with Gasteiger partial charge in [-0.3, -0.25) is 9.59 Å². The SMILES string of the molecule is NC(Cc1ccc(O)cc1)C(=O)NC(Cc1ccccc1)C(=O)NC(CS)C(=O)O. The lowest BCUT2D eigenvalue weighted by molar-refractivity contribution is -0.141. The van der Waals surface area contributed by atoms with Crippen LogP contribution in [0.25, 0.3) is 0 Å². The van der Waals surface area contributed by atoms with Gasteiger partial charge in [-0.15, -0.1) is 0 Å². The largest absolute Gasteiger partial charge is 0.508 e. The van der Waals surface area contributed by atoms with Gasteiger partial charge in [-0.1, -0.05) is 42.5 Å². The van der Waals surface area contributed by atoms with Crippen LogP contribution in [0, 0.1) is 0 Å². The molecule has 0 aromatic heterocycles. The second-order valence-electron chi connectivity index (χ2n) is 6.81. The summed E-state index contributed by atoms with van der Waals surface area (Å²) in [7, 11) is 0. The maximum absolute atomic E-state index is 12.7. The van der Waals surface area contributed by atoms with Gasteiger partial charge in [0.05, 0.1) is 6.04 Å². The first-order chi connectivity index (χ1) is 14.3. The summed E-state index contributed by atoms with van der Waals surface area (Å²) in [4.78, 5) is 36.5. The highest BCUT2D eigenvalue weighted by Gasteiger charge is 2.27. The Morgan fingerprint density at radius 3 is 2.00 bits per heavy atom. The van der Waals surface area contributed by atoms with Crippen LogP contribution in [0.15, 0.2) is 54.6 Å². The van der Waals surface area contributed by atoms with Crippen LogP contribution >= 0.6 is 12.6 Å². The van der Waals surface area contributed by atoms with E-state index in [0.717, 1.165) is 11.1 Å². The van der Waals surface area contributed by atoms with Crippen molar-refractivity contribution in [2.45, 2.75) is 31.0 Å². The summed E-state index contributed by atoms with van der Waals surface area (Å²) < 4.78 is 0. The first kappa shape index (κ1) is 23.2. The van der Waals surface area contributed by atoms with Gasteiger partial charge in [0, 0.05) is 12.2 Å². The van der Waals surface area contributed by atoms with Crippen molar-refractivity contribution < 1.29 is 24.6 Å². The number of carbonyl (C=O) groups is 3. The van der Waals surface area contributed by atoms with Gasteiger partial charge in [0.1, 0.15) is 17.8 Å². The van der Waals surface area contributed by atoms with E-state index < -0.39 is 35.9 Å². The summed E-state index contributed by atoms with van der Waals surface area (Å²) in [6, 6.07) is 12.2. The fourth-order valence-corrected chi connectivity index (χ4v) is 3.02. The summed E-state index contributed by atoms with van der Waals surface area (Å²) in [6.07, 6.45) is 0.378. The van der Waals surface area contributed by atoms with Crippen LogP contribution < -0.4 is 16.4 Å². The van der Waals surface area contributed by atoms with Crippen molar-refractivity contribution >= 4 is 30.4 Å². The van der Waals surface area contributed by atoms with Gasteiger partial charge in [0.25, 0.3) is 0 Å². The zero-order valence-electron chi connectivity index (χ0n) is 16.2. The van der Waals surface area contributed by atoms with Gasteiger partial charge in [-0.05, 0) is 29.7 Å². The first-order valence-electron chi connectivity index (χ1n) is 9.32. The lowest BCUT2D eigenvalue weighted by Crippen LogP contribution is -2.55. The predicted molar refractivity (Wildman–Crippen MR) is 115 cm³/mol. The van der Waals surface area contributed by atoms with E-state index in [-0.39, 0.29) is 24.3 Å². The number of carbonyl (C=O) groups excluding carboxylic acids is 2. The Labute approximate surface area is 179 Å². The van der Waals surface area contributed by atoms with Gasteiger partial charge >= 0.3 is 5.97 Å². The molecule has 0 spiro atoms. The molecule has 0 saturated heterocycles. The molecule has 6 N–H and O–H groups in total. The number of carboxylic acid groups (broad SMARTS) is 1. The number of rotatable bonds is 10. The number of carboxylic acids is 1. The third-order valence-corrected chi connectivity index (χ3v) is 4.81. The highest BCUT2D eigenvalue weighted by atomic mass is 32.1. The number of phenols is 1. The number of nitrogens with one attached hydrogen (secondary N) is 2. The maximum Gasteiger partial charge on any atom is 0.327 e.